The summed E-state index contributed by atoms with van der Waals surface area (Å²) < 4.78 is 0.979. The Labute approximate surface area is 125 Å². The number of carbonyl (C=O) groups excluding carboxylic acids is 1. The van der Waals surface area contributed by atoms with Crippen LogP contribution in [-0.2, 0) is 0 Å². The lowest BCUT2D eigenvalue weighted by atomic mass is 10.3. The second-order valence-corrected chi connectivity index (χ2v) is 5.15. The molecule has 2 amide bonds. The van der Waals surface area contributed by atoms with Crippen LogP contribution in [0, 0.1) is 3.57 Å². The summed E-state index contributed by atoms with van der Waals surface area (Å²) in [5.74, 6) is 0.176. The van der Waals surface area contributed by atoms with E-state index >= 15 is 0 Å². The number of hydrogen-bond acceptors (Lipinski definition) is 2. The second kappa shape index (κ2) is 5.92. The molecule has 0 aliphatic heterocycles. The van der Waals surface area contributed by atoms with Gasteiger partial charge in [-0.3, -0.25) is 4.90 Å². The van der Waals surface area contributed by atoms with Crippen LogP contribution >= 0.6 is 22.6 Å². The lowest BCUT2D eigenvalue weighted by Gasteiger charge is -2.18. The minimum absolute atomic E-state index is 0.176. The summed E-state index contributed by atoms with van der Waals surface area (Å²) >= 11 is 2.17. The quantitative estimate of drug-likeness (QED) is 0.795. The van der Waals surface area contributed by atoms with Gasteiger partial charge in [0.25, 0.3) is 0 Å². The zero-order valence-corrected chi connectivity index (χ0v) is 12.5. The van der Waals surface area contributed by atoms with Crippen molar-refractivity contribution < 1.29 is 9.90 Å². The van der Waals surface area contributed by atoms with Crippen molar-refractivity contribution in [2.75, 3.05) is 17.3 Å². The Morgan fingerprint density at radius 3 is 2.42 bits per heavy atom. The normalized spacial score (nSPS) is 10.0. The van der Waals surface area contributed by atoms with Crippen LogP contribution in [0.15, 0.2) is 48.5 Å². The Morgan fingerprint density at radius 2 is 1.79 bits per heavy atom. The first kappa shape index (κ1) is 13.7. The van der Waals surface area contributed by atoms with Crippen molar-refractivity contribution in [3.8, 4) is 5.75 Å². The smallest absolute Gasteiger partial charge is 0.326 e. The van der Waals surface area contributed by atoms with Crippen molar-refractivity contribution in [3.05, 3.63) is 52.1 Å². The number of nitrogens with zero attached hydrogens (tertiary/aromatic N) is 1. The van der Waals surface area contributed by atoms with Gasteiger partial charge in [-0.25, -0.2) is 4.79 Å². The van der Waals surface area contributed by atoms with E-state index < -0.39 is 0 Å². The molecule has 0 saturated carbocycles. The number of halogens is 1. The largest absolute Gasteiger partial charge is 0.508 e. The van der Waals surface area contributed by atoms with Gasteiger partial charge in [-0.15, -0.1) is 0 Å². The minimum atomic E-state index is -0.227. The van der Waals surface area contributed by atoms with E-state index in [4.69, 9.17) is 0 Å². The van der Waals surface area contributed by atoms with Gasteiger partial charge in [-0.2, -0.15) is 0 Å². The van der Waals surface area contributed by atoms with Crippen LogP contribution in [0.4, 0.5) is 16.2 Å². The number of carbonyl (C=O) groups is 1. The Morgan fingerprint density at radius 1 is 1.16 bits per heavy atom. The van der Waals surface area contributed by atoms with E-state index in [9.17, 15) is 9.90 Å². The fraction of sp³-hybridized carbons (Fsp3) is 0.0714. The lowest BCUT2D eigenvalue weighted by Crippen LogP contribution is -2.31. The number of phenols is 1. The number of benzene rings is 2. The fourth-order valence-electron chi connectivity index (χ4n) is 1.56. The number of anilines is 2. The van der Waals surface area contributed by atoms with Gasteiger partial charge in [-0.05, 0) is 59.0 Å². The SMILES string of the molecule is CN(C(=O)Nc1ccccc1I)c1ccc(O)cc1. The minimum Gasteiger partial charge on any atom is -0.508 e. The van der Waals surface area contributed by atoms with E-state index in [1.54, 1.807) is 31.3 Å². The first-order valence-electron chi connectivity index (χ1n) is 5.66. The molecule has 2 N–H and O–H groups in total. The Bertz CT molecular complexity index is 584. The molecule has 98 valence electrons. The fourth-order valence-corrected chi connectivity index (χ4v) is 2.08. The molecule has 0 fully saturated rings. The summed E-state index contributed by atoms with van der Waals surface area (Å²) in [6.45, 7) is 0. The third-order valence-electron chi connectivity index (χ3n) is 2.66. The van der Waals surface area contributed by atoms with Gasteiger partial charge in [0.05, 0.1) is 5.69 Å². The third kappa shape index (κ3) is 3.37. The van der Waals surface area contributed by atoms with E-state index in [1.165, 1.54) is 4.90 Å². The maximum absolute atomic E-state index is 12.1. The number of hydrogen-bond donors (Lipinski definition) is 2. The van der Waals surface area contributed by atoms with Crippen LogP contribution in [0.1, 0.15) is 0 Å². The second-order valence-electron chi connectivity index (χ2n) is 3.99. The number of amides is 2. The van der Waals surface area contributed by atoms with Gasteiger partial charge in [0.2, 0.25) is 0 Å². The molecule has 4 nitrogen and oxygen atoms in total. The van der Waals surface area contributed by atoms with E-state index in [-0.39, 0.29) is 11.8 Å². The van der Waals surface area contributed by atoms with Gasteiger partial charge in [0.15, 0.2) is 0 Å². The molecule has 2 rings (SSSR count). The van der Waals surface area contributed by atoms with Crippen LogP contribution in [0.25, 0.3) is 0 Å². The van der Waals surface area contributed by atoms with Crippen molar-refractivity contribution in [3.63, 3.8) is 0 Å². The monoisotopic (exact) mass is 368 g/mol. The maximum Gasteiger partial charge on any atom is 0.326 e. The topological polar surface area (TPSA) is 52.6 Å². The van der Waals surface area contributed by atoms with Gasteiger partial charge in [0, 0.05) is 16.3 Å². The summed E-state index contributed by atoms with van der Waals surface area (Å²) in [6.07, 6.45) is 0. The highest BCUT2D eigenvalue weighted by Crippen LogP contribution is 2.20. The average Bonchev–Trinajstić information content (AvgIpc) is 2.41. The van der Waals surface area contributed by atoms with Crippen molar-refractivity contribution in [2.24, 2.45) is 0 Å². The zero-order valence-electron chi connectivity index (χ0n) is 10.3. The number of nitrogens with one attached hydrogen (secondary N) is 1. The maximum atomic E-state index is 12.1. The molecule has 0 aliphatic rings. The van der Waals surface area contributed by atoms with Crippen molar-refractivity contribution >= 4 is 40.0 Å². The number of phenolic OH excluding ortho intramolecular Hbond substituents is 1. The third-order valence-corrected chi connectivity index (χ3v) is 3.60. The van der Waals surface area contributed by atoms with Crippen LogP contribution in [0.5, 0.6) is 5.75 Å². The molecular weight excluding hydrogens is 355 g/mol. The highest BCUT2D eigenvalue weighted by atomic mass is 127. The molecule has 0 aliphatic carbocycles. The number of aromatic hydroxyl groups is 1. The van der Waals surface area contributed by atoms with Crippen LogP contribution < -0.4 is 10.2 Å². The number of para-hydroxylation sites is 1. The van der Waals surface area contributed by atoms with E-state index in [2.05, 4.69) is 27.9 Å². The molecule has 0 unspecified atom stereocenters. The first-order chi connectivity index (χ1) is 9.08. The molecule has 5 heteroatoms. The van der Waals surface area contributed by atoms with Gasteiger partial charge in [-0.1, -0.05) is 12.1 Å². The summed E-state index contributed by atoms with van der Waals surface area (Å²) in [6, 6.07) is 13.8. The Balaban J connectivity index is 2.12. The molecule has 0 saturated heterocycles. The van der Waals surface area contributed by atoms with E-state index in [0.717, 1.165) is 9.26 Å². The van der Waals surface area contributed by atoms with E-state index in [1.807, 2.05) is 24.3 Å². The summed E-state index contributed by atoms with van der Waals surface area (Å²) in [5, 5.41) is 12.1. The molecule has 0 heterocycles. The molecule has 0 bridgehead atoms. The summed E-state index contributed by atoms with van der Waals surface area (Å²) in [5.41, 5.74) is 1.49. The predicted molar refractivity (Wildman–Crippen MR) is 84.7 cm³/mol. The molecule has 19 heavy (non-hydrogen) atoms. The molecule has 0 atom stereocenters. The Kier molecular flexibility index (Phi) is 4.26. The molecule has 0 spiro atoms. The van der Waals surface area contributed by atoms with Crippen LogP contribution in [-0.4, -0.2) is 18.2 Å². The molecular formula is C14H13IN2O2. The predicted octanol–water partition coefficient (Wildman–Crippen LogP) is 3.67. The summed E-state index contributed by atoms with van der Waals surface area (Å²) in [7, 11) is 1.68. The zero-order chi connectivity index (χ0) is 13.8. The lowest BCUT2D eigenvalue weighted by molar-refractivity contribution is 0.258. The van der Waals surface area contributed by atoms with Gasteiger partial charge < -0.3 is 10.4 Å². The Hall–Kier alpha value is -1.76. The van der Waals surface area contributed by atoms with Gasteiger partial charge in [0.1, 0.15) is 5.75 Å². The molecule has 2 aromatic carbocycles. The highest BCUT2D eigenvalue weighted by molar-refractivity contribution is 14.1. The van der Waals surface area contributed by atoms with Crippen LogP contribution in [0.3, 0.4) is 0 Å². The highest BCUT2D eigenvalue weighted by Gasteiger charge is 2.11. The standard InChI is InChI=1S/C14H13IN2O2/c1-17(10-6-8-11(18)9-7-10)14(19)16-13-5-3-2-4-12(13)15/h2-9,18H,1H3,(H,16,19). The number of urea groups is 1. The summed E-state index contributed by atoms with van der Waals surface area (Å²) in [4.78, 5) is 13.6. The average molecular weight is 368 g/mol. The van der Waals surface area contributed by atoms with Crippen molar-refractivity contribution in [2.45, 2.75) is 0 Å². The van der Waals surface area contributed by atoms with Gasteiger partial charge >= 0.3 is 6.03 Å². The van der Waals surface area contributed by atoms with Crippen molar-refractivity contribution in [1.29, 1.82) is 0 Å². The number of rotatable bonds is 2. The first-order valence-corrected chi connectivity index (χ1v) is 6.74. The van der Waals surface area contributed by atoms with Crippen molar-refractivity contribution in [1.82, 2.24) is 0 Å². The molecule has 2 aromatic rings. The van der Waals surface area contributed by atoms with E-state index in [0.29, 0.717) is 5.69 Å². The molecule has 0 radical (unpaired) electrons. The van der Waals surface area contributed by atoms with Crippen LogP contribution in [0.2, 0.25) is 0 Å². The molecule has 0 aromatic heterocycles.